The molecule has 2 fully saturated rings. The van der Waals surface area contributed by atoms with Crippen molar-refractivity contribution >= 4 is 34.4 Å². The molecule has 38 heavy (non-hydrogen) atoms. The lowest BCUT2D eigenvalue weighted by atomic mass is 10.1. The summed E-state index contributed by atoms with van der Waals surface area (Å²) in [5, 5.41) is 4.27. The number of fused-ring (bicyclic) bond motifs is 1. The van der Waals surface area contributed by atoms with E-state index in [1.54, 1.807) is 11.0 Å². The first-order valence-corrected chi connectivity index (χ1v) is 13.7. The van der Waals surface area contributed by atoms with Crippen molar-refractivity contribution in [3.63, 3.8) is 0 Å². The van der Waals surface area contributed by atoms with Crippen LogP contribution in [0.15, 0.2) is 41.3 Å². The number of nitrogens with one attached hydrogen (secondary N) is 1. The number of amides is 1. The molecule has 1 saturated carbocycles. The summed E-state index contributed by atoms with van der Waals surface area (Å²) >= 11 is 0. The van der Waals surface area contributed by atoms with Gasteiger partial charge in [-0.1, -0.05) is 19.8 Å². The molecule has 0 radical (unpaired) electrons. The van der Waals surface area contributed by atoms with Gasteiger partial charge < -0.3 is 19.9 Å². The molecular formula is C29H38N6O3. The van der Waals surface area contributed by atoms with Gasteiger partial charge in [0.05, 0.1) is 0 Å². The first kappa shape index (κ1) is 26.0. The number of piperazine rings is 1. The summed E-state index contributed by atoms with van der Waals surface area (Å²) in [6, 6.07) is 10.1. The Hall–Kier alpha value is -3.62. The van der Waals surface area contributed by atoms with Gasteiger partial charge in [-0.2, -0.15) is 4.98 Å². The number of pyridine rings is 1. The van der Waals surface area contributed by atoms with Gasteiger partial charge in [-0.25, -0.2) is 9.78 Å². The number of aromatic nitrogens is 3. The molecular weight excluding hydrogens is 480 g/mol. The first-order chi connectivity index (χ1) is 18.2. The predicted molar refractivity (Wildman–Crippen MR) is 150 cm³/mol. The summed E-state index contributed by atoms with van der Waals surface area (Å²) < 4.78 is 7.39. The van der Waals surface area contributed by atoms with Crippen molar-refractivity contribution in [3.05, 3.63) is 52.4 Å². The van der Waals surface area contributed by atoms with Gasteiger partial charge in [0.15, 0.2) is 0 Å². The van der Waals surface area contributed by atoms with Crippen LogP contribution in [0.2, 0.25) is 0 Å². The topological polar surface area (TPSA) is 92.6 Å². The number of hydrogen-bond donors (Lipinski definition) is 1. The monoisotopic (exact) mass is 518 g/mol. The molecule has 3 aromatic rings. The van der Waals surface area contributed by atoms with E-state index in [1.165, 1.54) is 0 Å². The van der Waals surface area contributed by atoms with Crippen LogP contribution in [0, 0.1) is 0 Å². The smallest absolute Gasteiger partial charge is 0.410 e. The van der Waals surface area contributed by atoms with Gasteiger partial charge >= 0.3 is 6.09 Å². The highest BCUT2D eigenvalue weighted by Crippen LogP contribution is 2.31. The molecule has 2 aliphatic rings. The first-order valence-electron chi connectivity index (χ1n) is 13.7. The summed E-state index contributed by atoms with van der Waals surface area (Å²) in [6.07, 6.45) is 6.67. The summed E-state index contributed by atoms with van der Waals surface area (Å²) in [6.45, 7) is 10.5. The summed E-state index contributed by atoms with van der Waals surface area (Å²) in [7, 11) is 0. The van der Waals surface area contributed by atoms with E-state index in [-0.39, 0.29) is 17.7 Å². The van der Waals surface area contributed by atoms with E-state index in [2.05, 4.69) is 34.3 Å². The molecule has 1 N–H and O–H groups in total. The zero-order valence-electron chi connectivity index (χ0n) is 22.9. The normalized spacial score (nSPS) is 16.7. The third-order valence-electron chi connectivity index (χ3n) is 7.37. The molecule has 1 aliphatic heterocycles. The van der Waals surface area contributed by atoms with Crippen molar-refractivity contribution in [1.29, 1.82) is 0 Å². The van der Waals surface area contributed by atoms with Crippen molar-refractivity contribution in [3.8, 4) is 0 Å². The predicted octanol–water partition coefficient (Wildman–Crippen LogP) is 5.27. The van der Waals surface area contributed by atoms with E-state index in [0.29, 0.717) is 19.0 Å². The Balaban J connectivity index is 1.29. The number of carbonyl (C=O) groups excluding carboxylic acids is 1. The Morgan fingerprint density at radius 2 is 1.76 bits per heavy atom. The molecule has 0 atom stereocenters. The van der Waals surface area contributed by atoms with Crippen LogP contribution in [0.5, 0.6) is 0 Å². The van der Waals surface area contributed by atoms with Crippen LogP contribution in [0.1, 0.15) is 65.0 Å². The maximum absolute atomic E-state index is 13.0. The van der Waals surface area contributed by atoms with Crippen molar-refractivity contribution in [1.82, 2.24) is 19.4 Å². The summed E-state index contributed by atoms with van der Waals surface area (Å²) in [5.74, 6) is 0.482. The molecule has 1 amide bonds. The molecule has 1 saturated heterocycles. The largest absolute Gasteiger partial charge is 0.444 e. The van der Waals surface area contributed by atoms with Gasteiger partial charge in [-0.15, -0.1) is 0 Å². The Morgan fingerprint density at radius 3 is 2.39 bits per heavy atom. The summed E-state index contributed by atoms with van der Waals surface area (Å²) in [5.41, 5.74) is 3.23. The van der Waals surface area contributed by atoms with E-state index >= 15 is 0 Å². The quantitative estimate of drug-likeness (QED) is 0.492. The van der Waals surface area contributed by atoms with E-state index < -0.39 is 5.60 Å². The third kappa shape index (κ3) is 5.61. The highest BCUT2D eigenvalue weighted by molar-refractivity contribution is 5.80. The Kier molecular flexibility index (Phi) is 7.27. The maximum atomic E-state index is 13.0. The van der Waals surface area contributed by atoms with Gasteiger partial charge in [-0.05, 0) is 69.9 Å². The average Bonchev–Trinajstić information content (AvgIpc) is 3.42. The van der Waals surface area contributed by atoms with Crippen molar-refractivity contribution in [2.75, 3.05) is 36.4 Å². The van der Waals surface area contributed by atoms with Crippen LogP contribution in [0.25, 0.3) is 11.0 Å². The van der Waals surface area contributed by atoms with Crippen molar-refractivity contribution < 1.29 is 9.53 Å². The fourth-order valence-electron chi connectivity index (χ4n) is 5.41. The van der Waals surface area contributed by atoms with Crippen LogP contribution < -0.4 is 15.8 Å². The van der Waals surface area contributed by atoms with Crippen LogP contribution in [-0.4, -0.2) is 57.3 Å². The molecule has 1 aromatic carbocycles. The maximum Gasteiger partial charge on any atom is 0.410 e. The minimum absolute atomic E-state index is 0.0296. The lowest BCUT2D eigenvalue weighted by Crippen LogP contribution is -2.50. The molecule has 202 valence electrons. The van der Waals surface area contributed by atoms with E-state index in [0.717, 1.165) is 73.2 Å². The van der Waals surface area contributed by atoms with Crippen LogP contribution in [-0.2, 0) is 11.2 Å². The number of nitrogens with zero attached hydrogens (tertiary/aromatic N) is 5. The molecule has 1 aliphatic carbocycles. The number of anilines is 3. The van der Waals surface area contributed by atoms with E-state index in [9.17, 15) is 9.59 Å². The zero-order chi connectivity index (χ0) is 26.9. The van der Waals surface area contributed by atoms with E-state index in [4.69, 9.17) is 9.72 Å². The van der Waals surface area contributed by atoms with Crippen LogP contribution >= 0.6 is 0 Å². The molecule has 9 heteroatoms. The molecule has 9 nitrogen and oxygen atoms in total. The molecule has 0 spiro atoms. The van der Waals surface area contributed by atoms with Gasteiger partial charge in [0, 0.05) is 61.2 Å². The lowest BCUT2D eigenvalue weighted by Gasteiger charge is -2.36. The number of hydrogen-bond acceptors (Lipinski definition) is 7. The Morgan fingerprint density at radius 1 is 1.08 bits per heavy atom. The van der Waals surface area contributed by atoms with Crippen molar-refractivity contribution in [2.24, 2.45) is 0 Å². The minimum Gasteiger partial charge on any atom is -0.444 e. The molecule has 5 rings (SSSR count). The van der Waals surface area contributed by atoms with Gasteiger partial charge in [0.25, 0.3) is 5.56 Å². The van der Waals surface area contributed by atoms with Gasteiger partial charge in [-0.3, -0.25) is 9.36 Å². The van der Waals surface area contributed by atoms with Crippen molar-refractivity contribution in [2.45, 2.75) is 71.4 Å². The molecule has 2 aromatic heterocycles. The fourth-order valence-corrected chi connectivity index (χ4v) is 5.41. The third-order valence-corrected chi connectivity index (χ3v) is 7.37. The van der Waals surface area contributed by atoms with Crippen LogP contribution in [0.4, 0.5) is 22.1 Å². The SMILES string of the molecule is CCc1cc(=O)n(C2CCCC2)c2nc(Nc3ccc(N4CCN(C(=O)OC(C)(C)C)CC4)cc3)ncc12. The number of ether oxygens (including phenoxy) is 1. The second kappa shape index (κ2) is 10.6. The average molecular weight is 519 g/mol. The number of benzene rings is 1. The van der Waals surface area contributed by atoms with Gasteiger partial charge in [0.2, 0.25) is 5.95 Å². The second-order valence-electron chi connectivity index (χ2n) is 11.2. The number of aryl methyl sites for hydroxylation is 1. The highest BCUT2D eigenvalue weighted by Gasteiger charge is 2.26. The molecule has 3 heterocycles. The minimum atomic E-state index is -0.488. The number of rotatable bonds is 5. The second-order valence-corrected chi connectivity index (χ2v) is 11.2. The van der Waals surface area contributed by atoms with E-state index in [1.807, 2.05) is 43.7 Å². The van der Waals surface area contributed by atoms with Gasteiger partial charge in [0.1, 0.15) is 11.2 Å². The highest BCUT2D eigenvalue weighted by atomic mass is 16.6. The standard InChI is InChI=1S/C29H38N6O3/c1-5-20-18-25(36)35(23-8-6-7-9-23)26-24(20)19-30-27(32-26)31-21-10-12-22(13-11-21)33-14-16-34(17-15-33)28(37)38-29(2,3)4/h10-13,18-19,23H,5-9,14-17H2,1-4H3,(H,30,31,32). The Labute approximate surface area is 223 Å². The Bertz CT molecular complexity index is 1350. The lowest BCUT2D eigenvalue weighted by molar-refractivity contribution is 0.0240. The number of carbonyl (C=O) groups is 1. The van der Waals surface area contributed by atoms with Crippen LogP contribution in [0.3, 0.4) is 0 Å². The zero-order valence-corrected chi connectivity index (χ0v) is 22.9. The summed E-state index contributed by atoms with van der Waals surface area (Å²) in [4.78, 5) is 38.8. The fraction of sp³-hybridized carbons (Fsp3) is 0.517. The molecule has 0 bridgehead atoms. The molecule has 0 unspecified atom stereocenters.